The zero-order chi connectivity index (χ0) is 25.0. The van der Waals surface area contributed by atoms with Crippen LogP contribution >= 0.6 is 7.60 Å². The molecule has 1 fully saturated rings. The van der Waals surface area contributed by atoms with Crippen LogP contribution in [0.3, 0.4) is 0 Å². The Hall–Kier alpha value is -1.96. The van der Waals surface area contributed by atoms with Crippen LogP contribution < -0.4 is 0 Å². The molecular formula is C21H33O11P. The highest BCUT2D eigenvalue weighted by Gasteiger charge is 2.52. The summed E-state index contributed by atoms with van der Waals surface area (Å²) in [6, 6.07) is 0. The average molecular weight is 492 g/mol. The Morgan fingerprint density at radius 3 is 1.91 bits per heavy atom. The summed E-state index contributed by atoms with van der Waals surface area (Å²) in [5, 5.41) is 0. The summed E-state index contributed by atoms with van der Waals surface area (Å²) < 4.78 is 51.3. The third-order valence-electron chi connectivity index (χ3n) is 4.36. The number of hydrogen-bond acceptors (Lipinski definition) is 11. The van der Waals surface area contributed by atoms with Crippen LogP contribution in [0.2, 0.25) is 0 Å². The lowest BCUT2D eigenvalue weighted by Gasteiger charge is -2.44. The normalized spacial score (nSPS) is 25.0. The summed E-state index contributed by atoms with van der Waals surface area (Å²) in [5.41, 5.74) is 0. The molecule has 188 valence electrons. The molecule has 0 N–H and O–H groups in total. The summed E-state index contributed by atoms with van der Waals surface area (Å²) in [7, 11) is -3.46. The molecule has 0 spiro atoms. The number of carbonyl (C=O) groups is 3. The van der Waals surface area contributed by atoms with E-state index in [0.717, 1.165) is 13.8 Å². The highest BCUT2D eigenvalue weighted by Crippen LogP contribution is 2.49. The summed E-state index contributed by atoms with van der Waals surface area (Å²) in [5.74, 6) is 0.336. The van der Waals surface area contributed by atoms with Crippen LogP contribution in [0.5, 0.6) is 0 Å². The van der Waals surface area contributed by atoms with Crippen LogP contribution in [0, 0.1) is 12.3 Å². The first-order chi connectivity index (χ1) is 15.6. The number of carbonyl (C=O) groups excluding carboxylic acids is 3. The van der Waals surface area contributed by atoms with Crippen LogP contribution in [0.4, 0.5) is 0 Å². The van der Waals surface area contributed by atoms with E-state index in [4.69, 9.17) is 39.2 Å². The van der Waals surface area contributed by atoms with Gasteiger partial charge in [-0.15, -0.1) is 12.3 Å². The first-order valence-corrected chi connectivity index (χ1v) is 12.4. The largest absolute Gasteiger partial charge is 0.456 e. The Kier molecular flexibility index (Phi) is 12.6. The highest BCUT2D eigenvalue weighted by molar-refractivity contribution is 7.53. The van der Waals surface area contributed by atoms with Crippen molar-refractivity contribution in [2.24, 2.45) is 0 Å². The van der Waals surface area contributed by atoms with E-state index in [2.05, 4.69) is 5.92 Å². The molecule has 1 rings (SSSR count). The second-order valence-electron chi connectivity index (χ2n) is 7.05. The fourth-order valence-electron chi connectivity index (χ4n) is 3.30. The van der Waals surface area contributed by atoms with E-state index in [1.807, 2.05) is 0 Å². The molecule has 0 saturated carbocycles. The van der Waals surface area contributed by atoms with Crippen LogP contribution in [0.1, 0.15) is 47.5 Å². The minimum absolute atomic E-state index is 0.0365. The van der Waals surface area contributed by atoms with E-state index in [1.54, 1.807) is 13.8 Å². The van der Waals surface area contributed by atoms with Gasteiger partial charge in [0.25, 0.3) is 0 Å². The first-order valence-electron chi connectivity index (χ1n) is 10.7. The second kappa shape index (κ2) is 14.3. The molecule has 33 heavy (non-hydrogen) atoms. The van der Waals surface area contributed by atoms with Gasteiger partial charge in [0.1, 0.15) is 6.10 Å². The maximum absolute atomic E-state index is 12.9. The zero-order valence-electron chi connectivity index (χ0n) is 19.6. The summed E-state index contributed by atoms with van der Waals surface area (Å²) in [6.45, 7) is 7.25. The van der Waals surface area contributed by atoms with Gasteiger partial charge in [0.2, 0.25) is 0 Å². The SMILES string of the molecule is C#CCCO[C@H]1O[C@H](CCP(=O)(OCC)OCC)[C@@H](OC(C)=O)[C@H](OC(C)=O)[C@@H]1OC(C)=O. The van der Waals surface area contributed by atoms with Gasteiger partial charge in [0.05, 0.1) is 26.0 Å². The lowest BCUT2D eigenvalue weighted by atomic mass is 9.96. The third kappa shape index (κ3) is 9.82. The van der Waals surface area contributed by atoms with Crippen molar-refractivity contribution in [3.63, 3.8) is 0 Å². The van der Waals surface area contributed by atoms with E-state index >= 15 is 0 Å². The molecule has 11 nitrogen and oxygen atoms in total. The fraction of sp³-hybridized carbons (Fsp3) is 0.762. The van der Waals surface area contributed by atoms with Crippen molar-refractivity contribution in [1.82, 2.24) is 0 Å². The molecule has 1 heterocycles. The summed E-state index contributed by atoms with van der Waals surface area (Å²) in [6.07, 6.45) is -0.333. The van der Waals surface area contributed by atoms with Gasteiger partial charge in [-0.2, -0.15) is 0 Å². The summed E-state index contributed by atoms with van der Waals surface area (Å²) >= 11 is 0. The fourth-order valence-corrected chi connectivity index (χ4v) is 4.99. The predicted molar refractivity (Wildman–Crippen MR) is 115 cm³/mol. The van der Waals surface area contributed by atoms with Crippen molar-refractivity contribution in [1.29, 1.82) is 0 Å². The number of terminal acetylenes is 1. The molecule has 0 aromatic rings. The molecule has 0 amide bonds. The minimum atomic E-state index is -3.46. The second-order valence-corrected chi connectivity index (χ2v) is 9.23. The Morgan fingerprint density at radius 2 is 1.42 bits per heavy atom. The van der Waals surface area contributed by atoms with Crippen molar-refractivity contribution in [3.8, 4) is 12.3 Å². The molecule has 12 heteroatoms. The maximum Gasteiger partial charge on any atom is 0.330 e. The summed E-state index contributed by atoms with van der Waals surface area (Å²) in [4.78, 5) is 35.4. The zero-order valence-corrected chi connectivity index (χ0v) is 20.5. The van der Waals surface area contributed by atoms with Gasteiger partial charge in [-0.3, -0.25) is 18.9 Å². The average Bonchev–Trinajstić information content (AvgIpc) is 2.70. The molecule has 1 saturated heterocycles. The lowest BCUT2D eigenvalue weighted by molar-refractivity contribution is -0.303. The van der Waals surface area contributed by atoms with Gasteiger partial charge < -0.3 is 32.7 Å². The van der Waals surface area contributed by atoms with Crippen LogP contribution in [0.25, 0.3) is 0 Å². The Labute approximate surface area is 194 Å². The quantitative estimate of drug-likeness (QED) is 0.123. The molecule has 0 aromatic carbocycles. The Morgan fingerprint density at radius 1 is 0.909 bits per heavy atom. The maximum atomic E-state index is 12.9. The van der Waals surface area contributed by atoms with Gasteiger partial charge in [-0.05, 0) is 20.3 Å². The molecule has 0 radical (unpaired) electrons. The predicted octanol–water partition coefficient (Wildman–Crippen LogP) is 2.20. The first kappa shape index (κ1) is 29.1. The molecular weight excluding hydrogens is 459 g/mol. The number of rotatable bonds is 13. The smallest absolute Gasteiger partial charge is 0.330 e. The molecule has 0 aliphatic carbocycles. The number of hydrogen-bond donors (Lipinski definition) is 0. The van der Waals surface area contributed by atoms with Crippen LogP contribution in [0.15, 0.2) is 0 Å². The van der Waals surface area contributed by atoms with Crippen molar-refractivity contribution >= 4 is 25.5 Å². The Bertz CT molecular complexity index is 737. The van der Waals surface area contributed by atoms with Gasteiger partial charge >= 0.3 is 25.5 Å². The lowest BCUT2D eigenvalue weighted by Crippen LogP contribution is -2.62. The van der Waals surface area contributed by atoms with Crippen molar-refractivity contribution < 1.29 is 51.7 Å². The van der Waals surface area contributed by atoms with Crippen molar-refractivity contribution in [2.75, 3.05) is 26.0 Å². The van der Waals surface area contributed by atoms with E-state index in [-0.39, 0.29) is 38.8 Å². The molecule has 0 aromatic heterocycles. The van der Waals surface area contributed by atoms with Crippen molar-refractivity contribution in [3.05, 3.63) is 0 Å². The van der Waals surface area contributed by atoms with E-state index < -0.39 is 56.2 Å². The topological polar surface area (TPSA) is 133 Å². The third-order valence-corrected chi connectivity index (χ3v) is 6.47. The number of ether oxygens (including phenoxy) is 5. The molecule has 1 aliphatic heterocycles. The van der Waals surface area contributed by atoms with Gasteiger partial charge in [-0.1, -0.05) is 0 Å². The molecule has 0 unspecified atom stereocenters. The monoisotopic (exact) mass is 492 g/mol. The van der Waals surface area contributed by atoms with Gasteiger partial charge in [0, 0.05) is 27.2 Å². The molecule has 5 atom stereocenters. The van der Waals surface area contributed by atoms with Crippen LogP contribution in [-0.4, -0.2) is 74.6 Å². The van der Waals surface area contributed by atoms with E-state index in [1.165, 1.54) is 6.92 Å². The standard InChI is InChI=1S/C21H33O11P/c1-7-10-12-26-21-20(31-16(6)24)19(30-15(5)23)18(29-14(4)22)17(32-21)11-13-33(25,27-8-2)28-9-3/h1,17-21H,8-13H2,2-6H3/t17-,18-,19+,20+,21+/m1/s1. The van der Waals surface area contributed by atoms with Crippen LogP contribution in [-0.2, 0) is 51.7 Å². The highest BCUT2D eigenvalue weighted by atomic mass is 31.2. The minimum Gasteiger partial charge on any atom is -0.456 e. The van der Waals surface area contributed by atoms with Gasteiger partial charge in [-0.25, -0.2) is 0 Å². The van der Waals surface area contributed by atoms with E-state index in [9.17, 15) is 18.9 Å². The van der Waals surface area contributed by atoms with E-state index in [0.29, 0.717) is 0 Å². The number of esters is 3. The molecule has 0 bridgehead atoms. The van der Waals surface area contributed by atoms with Gasteiger partial charge in [0.15, 0.2) is 24.6 Å². The molecule has 1 aliphatic rings. The Balaban J connectivity index is 3.30. The van der Waals surface area contributed by atoms with Crippen molar-refractivity contribution in [2.45, 2.75) is 78.2 Å².